The summed E-state index contributed by atoms with van der Waals surface area (Å²) in [6, 6.07) is 5.19. The molecule has 0 N–H and O–H groups in total. The molecule has 1 heterocycles. The molecule has 0 aliphatic rings. The first-order chi connectivity index (χ1) is 9.60. The van der Waals surface area contributed by atoms with Gasteiger partial charge in [-0.05, 0) is 47.4 Å². The maximum absolute atomic E-state index is 11.7. The fraction of sp³-hybridized carbons (Fsp3) is 0.308. The third-order valence-electron chi connectivity index (χ3n) is 3.04. The molecule has 1 aromatic carbocycles. The van der Waals surface area contributed by atoms with Crippen LogP contribution in [0.1, 0.15) is 13.8 Å². The number of rotatable bonds is 4. The molecule has 0 saturated heterocycles. The lowest BCUT2D eigenvalue weighted by Crippen LogP contribution is -2.22. The lowest BCUT2D eigenvalue weighted by Gasteiger charge is -2.22. The molecule has 0 spiro atoms. The van der Waals surface area contributed by atoms with Crippen LogP contribution in [-0.4, -0.2) is 13.1 Å². The fourth-order valence-corrected chi connectivity index (χ4v) is 2.65. The van der Waals surface area contributed by atoms with E-state index in [1.54, 1.807) is 0 Å². The normalized spacial score (nSPS) is 10.3. The van der Waals surface area contributed by atoms with Gasteiger partial charge in [0.1, 0.15) is 11.3 Å². The summed E-state index contributed by atoms with van der Waals surface area (Å²) in [7, 11) is 0. The molecular weight excluding hydrogens is 324 g/mol. The number of azide groups is 1. The van der Waals surface area contributed by atoms with E-state index >= 15 is 0 Å². The van der Waals surface area contributed by atoms with Crippen molar-refractivity contribution < 1.29 is 4.42 Å². The maximum Gasteiger partial charge on any atom is 0.345 e. The van der Waals surface area contributed by atoms with Crippen molar-refractivity contribution >= 4 is 38.3 Å². The van der Waals surface area contributed by atoms with Crippen LogP contribution in [0, 0.1) is 0 Å². The number of nitrogens with zero attached hydrogens (tertiary/aromatic N) is 4. The lowest BCUT2D eigenvalue weighted by atomic mass is 10.2. The number of hydrogen-bond donors (Lipinski definition) is 0. The fourth-order valence-electron chi connectivity index (χ4n) is 2.04. The molecule has 0 amide bonds. The number of benzene rings is 1. The lowest BCUT2D eigenvalue weighted by molar-refractivity contribution is 0.562. The molecule has 7 heteroatoms. The summed E-state index contributed by atoms with van der Waals surface area (Å²) >= 11 is 3.52. The number of anilines is 1. The van der Waals surface area contributed by atoms with E-state index in [9.17, 15) is 4.79 Å². The molecule has 0 fully saturated rings. The second-order valence-electron chi connectivity index (χ2n) is 4.12. The molecule has 6 nitrogen and oxygen atoms in total. The molecule has 0 saturated carbocycles. The highest BCUT2D eigenvalue weighted by atomic mass is 79.9. The Hall–Kier alpha value is -1.98. The number of hydrogen-bond acceptors (Lipinski definition) is 4. The van der Waals surface area contributed by atoms with Gasteiger partial charge in [0.25, 0.3) is 0 Å². The first-order valence-corrected chi connectivity index (χ1v) is 6.97. The van der Waals surface area contributed by atoms with Gasteiger partial charge in [-0.2, -0.15) is 0 Å². The highest BCUT2D eigenvalue weighted by Crippen LogP contribution is 2.32. The summed E-state index contributed by atoms with van der Waals surface area (Å²) in [5.74, 6) is 0. The monoisotopic (exact) mass is 336 g/mol. The second-order valence-corrected chi connectivity index (χ2v) is 4.98. The Labute approximate surface area is 123 Å². The predicted molar refractivity (Wildman–Crippen MR) is 82.6 cm³/mol. The Morgan fingerprint density at radius 2 is 2.05 bits per heavy atom. The van der Waals surface area contributed by atoms with Crippen LogP contribution in [0.25, 0.3) is 21.4 Å². The van der Waals surface area contributed by atoms with Gasteiger partial charge >= 0.3 is 5.63 Å². The van der Waals surface area contributed by atoms with E-state index in [1.165, 1.54) is 6.07 Å². The molecule has 0 aliphatic heterocycles. The second kappa shape index (κ2) is 5.98. The number of fused-ring (bicyclic) bond motifs is 1. The van der Waals surface area contributed by atoms with Crippen LogP contribution in [0.5, 0.6) is 0 Å². The molecule has 0 aliphatic carbocycles. The van der Waals surface area contributed by atoms with Crippen LogP contribution in [0.4, 0.5) is 11.4 Å². The van der Waals surface area contributed by atoms with Crippen molar-refractivity contribution in [3.05, 3.63) is 43.5 Å². The summed E-state index contributed by atoms with van der Waals surface area (Å²) in [5.41, 5.74) is 9.17. The van der Waals surface area contributed by atoms with Crippen LogP contribution in [0.3, 0.4) is 0 Å². The first kappa shape index (κ1) is 14.4. The van der Waals surface area contributed by atoms with Crippen LogP contribution in [0.15, 0.2) is 37.0 Å². The molecule has 0 bridgehead atoms. The molecule has 2 aromatic rings. The van der Waals surface area contributed by atoms with E-state index in [0.29, 0.717) is 11.0 Å². The van der Waals surface area contributed by atoms with E-state index in [1.807, 2.05) is 12.1 Å². The van der Waals surface area contributed by atoms with Gasteiger partial charge in [0, 0.05) is 33.9 Å². The molecule has 1 aromatic heterocycles. The van der Waals surface area contributed by atoms with Gasteiger partial charge in [-0.25, -0.2) is 4.79 Å². The molecule has 20 heavy (non-hydrogen) atoms. The van der Waals surface area contributed by atoms with Gasteiger partial charge in [0.15, 0.2) is 0 Å². The Morgan fingerprint density at radius 3 is 2.65 bits per heavy atom. The molecular formula is C13H13BrN4O2. The zero-order valence-corrected chi connectivity index (χ0v) is 12.7. The molecule has 2 rings (SSSR count). The van der Waals surface area contributed by atoms with Gasteiger partial charge in [0.2, 0.25) is 0 Å². The first-order valence-electron chi connectivity index (χ1n) is 6.18. The smallest absolute Gasteiger partial charge is 0.345 e. The van der Waals surface area contributed by atoms with E-state index < -0.39 is 5.63 Å². The zero-order valence-electron chi connectivity index (χ0n) is 11.1. The quantitative estimate of drug-likeness (QED) is 0.360. The van der Waals surface area contributed by atoms with E-state index in [2.05, 4.69) is 44.7 Å². The van der Waals surface area contributed by atoms with Crippen molar-refractivity contribution in [2.45, 2.75) is 13.8 Å². The van der Waals surface area contributed by atoms with E-state index in [-0.39, 0.29) is 5.69 Å². The van der Waals surface area contributed by atoms with E-state index in [0.717, 1.165) is 23.2 Å². The topological polar surface area (TPSA) is 82.2 Å². The highest BCUT2D eigenvalue weighted by molar-refractivity contribution is 9.10. The summed E-state index contributed by atoms with van der Waals surface area (Å²) < 4.78 is 6.11. The van der Waals surface area contributed by atoms with Gasteiger partial charge in [-0.1, -0.05) is 5.11 Å². The van der Waals surface area contributed by atoms with Gasteiger partial charge in [0.05, 0.1) is 5.69 Å². The Bertz CT molecular complexity index is 746. The summed E-state index contributed by atoms with van der Waals surface area (Å²) in [6.07, 6.45) is 0. The van der Waals surface area contributed by atoms with Crippen LogP contribution in [-0.2, 0) is 0 Å². The molecule has 104 valence electrons. The SMILES string of the molecule is CCN(CC)c1cc2oc(=O)c(N=[N+]=[N-])cc2cc1Br. The summed E-state index contributed by atoms with van der Waals surface area (Å²) in [6.45, 7) is 5.81. The van der Waals surface area contributed by atoms with Crippen molar-refractivity contribution in [1.29, 1.82) is 0 Å². The predicted octanol–water partition coefficient (Wildman–Crippen LogP) is 4.34. The van der Waals surface area contributed by atoms with Crippen molar-refractivity contribution in [2.75, 3.05) is 18.0 Å². The average molecular weight is 337 g/mol. The zero-order chi connectivity index (χ0) is 14.7. The highest BCUT2D eigenvalue weighted by Gasteiger charge is 2.11. The summed E-state index contributed by atoms with van der Waals surface area (Å²) in [4.78, 5) is 16.4. The minimum Gasteiger partial charge on any atom is -0.422 e. The third-order valence-corrected chi connectivity index (χ3v) is 3.68. The minimum absolute atomic E-state index is 0.0394. The summed E-state index contributed by atoms with van der Waals surface area (Å²) in [5, 5.41) is 4.03. The average Bonchev–Trinajstić information content (AvgIpc) is 2.43. The Balaban J connectivity index is 2.68. The van der Waals surface area contributed by atoms with E-state index in [4.69, 9.17) is 9.95 Å². The molecule has 0 unspecified atom stereocenters. The van der Waals surface area contributed by atoms with Gasteiger partial charge in [-0.15, -0.1) is 0 Å². The Morgan fingerprint density at radius 1 is 1.35 bits per heavy atom. The maximum atomic E-state index is 11.7. The standard InChI is InChI=1S/C13H13BrN4O2/c1-3-18(4-2)11-7-12-8(5-9(11)14)6-10(16-17-15)13(19)20-12/h5-7H,3-4H2,1-2H3. The minimum atomic E-state index is -0.636. The van der Waals surface area contributed by atoms with Crippen molar-refractivity contribution in [2.24, 2.45) is 5.11 Å². The molecule has 0 atom stereocenters. The van der Waals surface area contributed by atoms with Crippen molar-refractivity contribution in [3.8, 4) is 0 Å². The van der Waals surface area contributed by atoms with Gasteiger partial charge in [-0.3, -0.25) is 0 Å². The largest absolute Gasteiger partial charge is 0.422 e. The van der Waals surface area contributed by atoms with Crippen molar-refractivity contribution in [1.82, 2.24) is 0 Å². The van der Waals surface area contributed by atoms with Crippen molar-refractivity contribution in [3.63, 3.8) is 0 Å². The molecule has 0 radical (unpaired) electrons. The Kier molecular flexibility index (Phi) is 4.32. The van der Waals surface area contributed by atoms with Crippen LogP contribution in [0.2, 0.25) is 0 Å². The van der Waals surface area contributed by atoms with Crippen LogP contribution < -0.4 is 10.5 Å². The third kappa shape index (κ3) is 2.64. The number of halogens is 1. The van der Waals surface area contributed by atoms with Gasteiger partial charge < -0.3 is 9.32 Å². The van der Waals surface area contributed by atoms with Crippen LogP contribution >= 0.6 is 15.9 Å².